The van der Waals surface area contributed by atoms with E-state index in [1.54, 1.807) is 22.7 Å². The molecule has 0 saturated carbocycles. The van der Waals surface area contributed by atoms with Crippen molar-refractivity contribution in [2.45, 2.75) is 20.4 Å². The van der Waals surface area contributed by atoms with Gasteiger partial charge in [0.25, 0.3) is 0 Å². The molecule has 0 aliphatic carbocycles. The summed E-state index contributed by atoms with van der Waals surface area (Å²) in [6, 6.07) is 6.33. The van der Waals surface area contributed by atoms with Gasteiger partial charge in [0.1, 0.15) is 0 Å². The first-order chi connectivity index (χ1) is 8.70. The standard InChI is InChI=1S/C13H13N3S2/c1-8-3-4-11-12(5-8)18-13(16-11)14-6-10-7-17-9(2)15-10/h3-5,7H,6H2,1-2H3,(H,14,16). The Morgan fingerprint density at radius 3 is 2.89 bits per heavy atom. The third-order valence-corrected chi connectivity index (χ3v) is 4.43. The van der Waals surface area contributed by atoms with Gasteiger partial charge in [0.05, 0.1) is 27.5 Å². The van der Waals surface area contributed by atoms with Gasteiger partial charge in [-0.3, -0.25) is 0 Å². The second-order valence-corrected chi connectivity index (χ2v) is 6.29. The van der Waals surface area contributed by atoms with Crippen molar-refractivity contribution >= 4 is 38.0 Å². The van der Waals surface area contributed by atoms with Crippen LogP contribution in [0.2, 0.25) is 0 Å². The number of fused-ring (bicyclic) bond motifs is 1. The second kappa shape index (κ2) is 4.66. The monoisotopic (exact) mass is 275 g/mol. The number of hydrogen-bond donors (Lipinski definition) is 1. The van der Waals surface area contributed by atoms with E-state index in [4.69, 9.17) is 0 Å². The third-order valence-electron chi connectivity index (χ3n) is 2.63. The summed E-state index contributed by atoms with van der Waals surface area (Å²) in [4.78, 5) is 8.99. The lowest BCUT2D eigenvalue weighted by molar-refractivity contribution is 1.05. The van der Waals surface area contributed by atoms with E-state index in [0.717, 1.165) is 27.9 Å². The Kier molecular flexibility index (Phi) is 3.01. The SMILES string of the molecule is Cc1ccc2nc(NCc3csc(C)n3)sc2c1. The van der Waals surface area contributed by atoms with Crippen molar-refractivity contribution in [3.05, 3.63) is 39.8 Å². The molecule has 0 unspecified atom stereocenters. The van der Waals surface area contributed by atoms with Gasteiger partial charge >= 0.3 is 0 Å². The summed E-state index contributed by atoms with van der Waals surface area (Å²) >= 11 is 3.37. The Morgan fingerprint density at radius 1 is 1.22 bits per heavy atom. The molecule has 2 aromatic heterocycles. The molecule has 1 aromatic carbocycles. The Balaban J connectivity index is 1.78. The lowest BCUT2D eigenvalue weighted by Gasteiger charge is -1.97. The lowest BCUT2D eigenvalue weighted by atomic mass is 10.2. The van der Waals surface area contributed by atoms with Crippen molar-refractivity contribution in [2.24, 2.45) is 0 Å². The summed E-state index contributed by atoms with van der Waals surface area (Å²) in [7, 11) is 0. The molecule has 92 valence electrons. The summed E-state index contributed by atoms with van der Waals surface area (Å²) in [5.41, 5.74) is 3.41. The van der Waals surface area contributed by atoms with E-state index in [9.17, 15) is 0 Å². The molecule has 1 N–H and O–H groups in total. The second-order valence-electron chi connectivity index (χ2n) is 4.20. The molecule has 3 nitrogen and oxygen atoms in total. The highest BCUT2D eigenvalue weighted by Gasteiger charge is 2.04. The molecule has 0 amide bonds. The molecule has 3 rings (SSSR count). The van der Waals surface area contributed by atoms with E-state index in [1.165, 1.54) is 10.3 Å². The first-order valence-electron chi connectivity index (χ1n) is 5.73. The van der Waals surface area contributed by atoms with Gasteiger partial charge in [0.2, 0.25) is 0 Å². The average Bonchev–Trinajstić information content (AvgIpc) is 2.92. The van der Waals surface area contributed by atoms with E-state index < -0.39 is 0 Å². The lowest BCUT2D eigenvalue weighted by Crippen LogP contribution is -1.98. The van der Waals surface area contributed by atoms with E-state index in [1.807, 2.05) is 6.92 Å². The average molecular weight is 275 g/mol. The fourth-order valence-corrected chi connectivity index (χ4v) is 3.34. The number of anilines is 1. The first kappa shape index (κ1) is 11.6. The fraction of sp³-hybridized carbons (Fsp3) is 0.231. The van der Waals surface area contributed by atoms with Gasteiger partial charge in [-0.1, -0.05) is 17.4 Å². The zero-order valence-corrected chi connectivity index (χ0v) is 11.9. The summed E-state index contributed by atoms with van der Waals surface area (Å²) in [6.07, 6.45) is 0. The molecule has 0 aliphatic heterocycles. The van der Waals surface area contributed by atoms with Crippen LogP contribution in [0.3, 0.4) is 0 Å². The Bertz CT molecular complexity index is 684. The van der Waals surface area contributed by atoms with Crippen LogP contribution in [0.25, 0.3) is 10.2 Å². The van der Waals surface area contributed by atoms with Crippen LogP contribution in [-0.2, 0) is 6.54 Å². The summed E-state index contributed by atoms with van der Waals surface area (Å²) in [5.74, 6) is 0. The van der Waals surface area contributed by atoms with Gasteiger partial charge in [-0.2, -0.15) is 0 Å². The van der Waals surface area contributed by atoms with Gasteiger partial charge in [-0.25, -0.2) is 9.97 Å². The maximum absolute atomic E-state index is 4.56. The molecule has 0 fully saturated rings. The molecule has 0 atom stereocenters. The van der Waals surface area contributed by atoms with Crippen LogP contribution in [0, 0.1) is 13.8 Å². The van der Waals surface area contributed by atoms with Crippen LogP contribution in [0.15, 0.2) is 23.6 Å². The smallest absolute Gasteiger partial charge is 0.184 e. The maximum atomic E-state index is 4.56. The molecule has 0 spiro atoms. The number of benzene rings is 1. The van der Waals surface area contributed by atoms with Gasteiger partial charge < -0.3 is 5.32 Å². The Hall–Kier alpha value is -1.46. The minimum absolute atomic E-state index is 0.739. The van der Waals surface area contributed by atoms with Crippen LogP contribution in [0.5, 0.6) is 0 Å². The largest absolute Gasteiger partial charge is 0.356 e. The van der Waals surface area contributed by atoms with Crippen molar-refractivity contribution in [3.8, 4) is 0 Å². The molecule has 0 bridgehead atoms. The number of thiazole rings is 2. The predicted octanol–water partition coefficient (Wildman–Crippen LogP) is 3.98. The zero-order valence-electron chi connectivity index (χ0n) is 10.2. The van der Waals surface area contributed by atoms with Crippen molar-refractivity contribution in [2.75, 3.05) is 5.32 Å². The van der Waals surface area contributed by atoms with E-state index in [2.05, 4.69) is 45.8 Å². The molecule has 2 heterocycles. The quantitative estimate of drug-likeness (QED) is 0.785. The van der Waals surface area contributed by atoms with Gasteiger partial charge in [0, 0.05) is 5.38 Å². The highest BCUT2D eigenvalue weighted by molar-refractivity contribution is 7.22. The molecule has 18 heavy (non-hydrogen) atoms. The highest BCUT2D eigenvalue weighted by Crippen LogP contribution is 2.27. The fourth-order valence-electron chi connectivity index (χ4n) is 1.76. The van der Waals surface area contributed by atoms with Crippen molar-refractivity contribution < 1.29 is 0 Å². The molecule has 0 saturated heterocycles. The maximum Gasteiger partial charge on any atom is 0.184 e. The molecular formula is C13H13N3S2. The summed E-state index contributed by atoms with van der Waals surface area (Å²) in [6.45, 7) is 4.86. The van der Waals surface area contributed by atoms with Gasteiger partial charge in [-0.05, 0) is 31.5 Å². The number of hydrogen-bond acceptors (Lipinski definition) is 5. The summed E-state index contributed by atoms with van der Waals surface area (Å²) in [5, 5.41) is 7.48. The number of aromatic nitrogens is 2. The number of nitrogens with zero attached hydrogens (tertiary/aromatic N) is 2. The number of aryl methyl sites for hydroxylation is 2. The van der Waals surface area contributed by atoms with Gasteiger partial charge in [-0.15, -0.1) is 11.3 Å². The van der Waals surface area contributed by atoms with Crippen LogP contribution < -0.4 is 5.32 Å². The third kappa shape index (κ3) is 2.37. The first-order valence-corrected chi connectivity index (χ1v) is 7.42. The summed E-state index contributed by atoms with van der Waals surface area (Å²) < 4.78 is 1.23. The number of nitrogens with one attached hydrogen (secondary N) is 1. The molecule has 3 aromatic rings. The van der Waals surface area contributed by atoms with Crippen molar-refractivity contribution in [3.63, 3.8) is 0 Å². The molecular weight excluding hydrogens is 262 g/mol. The van der Waals surface area contributed by atoms with Crippen molar-refractivity contribution in [1.82, 2.24) is 9.97 Å². The zero-order chi connectivity index (χ0) is 12.5. The number of rotatable bonds is 3. The van der Waals surface area contributed by atoms with Crippen LogP contribution in [0.4, 0.5) is 5.13 Å². The molecule has 5 heteroatoms. The van der Waals surface area contributed by atoms with E-state index >= 15 is 0 Å². The molecule has 0 radical (unpaired) electrons. The minimum atomic E-state index is 0.739. The topological polar surface area (TPSA) is 37.8 Å². The predicted molar refractivity (Wildman–Crippen MR) is 78.5 cm³/mol. The van der Waals surface area contributed by atoms with Crippen LogP contribution in [0.1, 0.15) is 16.3 Å². The Labute approximate surface area is 114 Å². The van der Waals surface area contributed by atoms with Gasteiger partial charge in [0.15, 0.2) is 5.13 Å². The minimum Gasteiger partial charge on any atom is -0.356 e. The highest BCUT2D eigenvalue weighted by atomic mass is 32.1. The molecule has 0 aliphatic rings. The van der Waals surface area contributed by atoms with E-state index in [0.29, 0.717) is 0 Å². The van der Waals surface area contributed by atoms with Crippen LogP contribution in [-0.4, -0.2) is 9.97 Å². The van der Waals surface area contributed by atoms with Crippen LogP contribution >= 0.6 is 22.7 Å². The normalized spacial score (nSPS) is 11.0. The van der Waals surface area contributed by atoms with Crippen molar-refractivity contribution in [1.29, 1.82) is 0 Å². The Morgan fingerprint density at radius 2 is 2.11 bits per heavy atom. The van der Waals surface area contributed by atoms with E-state index in [-0.39, 0.29) is 0 Å².